The molecule has 0 saturated carbocycles. The standard InChI is InChI=1S/C6H10N2O/c9-5-4-8-3-1-2-7-6-8/h1-2,6,9H,3-5H2. The van der Waals surface area contributed by atoms with E-state index in [2.05, 4.69) is 4.99 Å². The highest BCUT2D eigenvalue weighted by Gasteiger charge is 1.96. The van der Waals surface area contributed by atoms with Crippen LogP contribution in [0.2, 0.25) is 0 Å². The van der Waals surface area contributed by atoms with Crippen LogP contribution in [-0.4, -0.2) is 36.0 Å². The highest BCUT2D eigenvalue weighted by molar-refractivity contribution is 5.57. The Kier molecular flexibility index (Phi) is 2.27. The molecule has 0 saturated heterocycles. The number of β-amino-alcohol motifs (C(OH)–C–C–N with tert-alkyl or cyclic N) is 1. The Morgan fingerprint density at radius 3 is 3.11 bits per heavy atom. The first-order valence-corrected chi connectivity index (χ1v) is 2.96. The largest absolute Gasteiger partial charge is 0.395 e. The van der Waals surface area contributed by atoms with E-state index in [0.717, 1.165) is 6.54 Å². The van der Waals surface area contributed by atoms with E-state index in [1.165, 1.54) is 0 Å². The molecular formula is C6H10N2O. The van der Waals surface area contributed by atoms with Crippen LogP contribution in [0.4, 0.5) is 0 Å². The predicted molar refractivity (Wildman–Crippen MR) is 36.3 cm³/mol. The Bertz CT molecular complexity index is 131. The Morgan fingerprint density at radius 1 is 1.67 bits per heavy atom. The van der Waals surface area contributed by atoms with Crippen LogP contribution in [0.5, 0.6) is 0 Å². The van der Waals surface area contributed by atoms with Crippen molar-refractivity contribution in [3.05, 3.63) is 12.3 Å². The van der Waals surface area contributed by atoms with Gasteiger partial charge in [0.15, 0.2) is 0 Å². The van der Waals surface area contributed by atoms with Crippen molar-refractivity contribution in [3.63, 3.8) is 0 Å². The number of aliphatic hydroxyl groups excluding tert-OH is 1. The van der Waals surface area contributed by atoms with Crippen LogP contribution >= 0.6 is 0 Å². The highest BCUT2D eigenvalue weighted by atomic mass is 16.3. The molecule has 1 rings (SSSR count). The first-order valence-electron chi connectivity index (χ1n) is 2.96. The van der Waals surface area contributed by atoms with Crippen LogP contribution in [-0.2, 0) is 0 Å². The van der Waals surface area contributed by atoms with Gasteiger partial charge in [0.25, 0.3) is 0 Å². The topological polar surface area (TPSA) is 35.8 Å². The summed E-state index contributed by atoms with van der Waals surface area (Å²) >= 11 is 0. The molecule has 3 heteroatoms. The molecule has 3 nitrogen and oxygen atoms in total. The summed E-state index contributed by atoms with van der Waals surface area (Å²) in [6, 6.07) is 0. The van der Waals surface area contributed by atoms with E-state index in [4.69, 9.17) is 5.11 Å². The zero-order valence-electron chi connectivity index (χ0n) is 5.20. The molecule has 0 bridgehead atoms. The van der Waals surface area contributed by atoms with Gasteiger partial charge >= 0.3 is 0 Å². The van der Waals surface area contributed by atoms with Crippen LogP contribution in [0.3, 0.4) is 0 Å². The Hall–Kier alpha value is -0.830. The monoisotopic (exact) mass is 126 g/mol. The van der Waals surface area contributed by atoms with E-state index < -0.39 is 0 Å². The van der Waals surface area contributed by atoms with E-state index in [9.17, 15) is 0 Å². The molecule has 0 aliphatic carbocycles. The normalized spacial score (nSPS) is 16.8. The quantitative estimate of drug-likeness (QED) is 0.558. The molecule has 0 fully saturated rings. The molecular weight excluding hydrogens is 116 g/mol. The summed E-state index contributed by atoms with van der Waals surface area (Å²) in [5, 5.41) is 8.49. The lowest BCUT2D eigenvalue weighted by atomic mass is 10.5. The second kappa shape index (κ2) is 3.25. The third-order valence-corrected chi connectivity index (χ3v) is 1.15. The molecule has 50 valence electrons. The number of aliphatic imine (C=N–C) groups is 1. The molecule has 1 N–H and O–H groups in total. The summed E-state index contributed by atoms with van der Waals surface area (Å²) in [5.74, 6) is 0. The van der Waals surface area contributed by atoms with Crippen LogP contribution in [0.25, 0.3) is 0 Å². The lowest BCUT2D eigenvalue weighted by Gasteiger charge is -2.16. The van der Waals surface area contributed by atoms with Gasteiger partial charge < -0.3 is 10.0 Å². The molecule has 9 heavy (non-hydrogen) atoms. The summed E-state index contributed by atoms with van der Waals surface area (Å²) in [5.41, 5.74) is 0. The van der Waals surface area contributed by atoms with Gasteiger partial charge in [0.1, 0.15) is 0 Å². The third-order valence-electron chi connectivity index (χ3n) is 1.15. The van der Waals surface area contributed by atoms with E-state index in [1.54, 1.807) is 12.5 Å². The summed E-state index contributed by atoms with van der Waals surface area (Å²) < 4.78 is 0. The minimum absolute atomic E-state index is 0.194. The maximum Gasteiger partial charge on any atom is 0.0908 e. The first-order chi connectivity index (χ1) is 4.43. The zero-order chi connectivity index (χ0) is 6.53. The summed E-state index contributed by atoms with van der Waals surface area (Å²) in [6.45, 7) is 1.73. The van der Waals surface area contributed by atoms with Crippen molar-refractivity contribution in [2.24, 2.45) is 4.99 Å². The zero-order valence-corrected chi connectivity index (χ0v) is 5.20. The van der Waals surface area contributed by atoms with E-state index in [0.29, 0.717) is 6.54 Å². The van der Waals surface area contributed by atoms with Crippen molar-refractivity contribution >= 4 is 6.34 Å². The Morgan fingerprint density at radius 2 is 2.56 bits per heavy atom. The fourth-order valence-electron chi connectivity index (χ4n) is 0.701. The number of hydrogen-bond acceptors (Lipinski definition) is 3. The molecule has 0 spiro atoms. The molecule has 0 aromatic rings. The predicted octanol–water partition coefficient (Wildman–Crippen LogP) is -0.164. The molecule has 0 unspecified atom stereocenters. The smallest absolute Gasteiger partial charge is 0.0908 e. The highest BCUT2D eigenvalue weighted by Crippen LogP contribution is 1.90. The van der Waals surface area contributed by atoms with Crippen molar-refractivity contribution < 1.29 is 5.11 Å². The van der Waals surface area contributed by atoms with Crippen molar-refractivity contribution in [3.8, 4) is 0 Å². The molecule has 0 radical (unpaired) electrons. The van der Waals surface area contributed by atoms with Crippen molar-refractivity contribution in [1.82, 2.24) is 4.90 Å². The van der Waals surface area contributed by atoms with Gasteiger partial charge in [0.2, 0.25) is 0 Å². The minimum atomic E-state index is 0.194. The lowest BCUT2D eigenvalue weighted by Crippen LogP contribution is -2.26. The number of nitrogens with zero attached hydrogens (tertiary/aromatic N) is 2. The minimum Gasteiger partial charge on any atom is -0.395 e. The van der Waals surface area contributed by atoms with Gasteiger partial charge in [-0.2, -0.15) is 0 Å². The summed E-state index contributed by atoms with van der Waals surface area (Å²) in [4.78, 5) is 5.83. The average molecular weight is 126 g/mol. The summed E-state index contributed by atoms with van der Waals surface area (Å²) in [7, 11) is 0. The Labute approximate surface area is 54.3 Å². The van der Waals surface area contributed by atoms with Gasteiger partial charge in [0.05, 0.1) is 12.9 Å². The number of hydrogen-bond donors (Lipinski definition) is 1. The average Bonchev–Trinajstić information content (AvgIpc) is 1.91. The van der Waals surface area contributed by atoms with E-state index in [1.807, 2.05) is 11.0 Å². The fraction of sp³-hybridized carbons (Fsp3) is 0.500. The fourth-order valence-corrected chi connectivity index (χ4v) is 0.701. The van der Waals surface area contributed by atoms with Crippen molar-refractivity contribution in [2.45, 2.75) is 0 Å². The second-order valence-electron chi connectivity index (χ2n) is 1.87. The maximum absolute atomic E-state index is 8.49. The number of rotatable bonds is 2. The molecule has 1 heterocycles. The molecule has 0 atom stereocenters. The van der Waals surface area contributed by atoms with Gasteiger partial charge in [0, 0.05) is 19.3 Å². The summed E-state index contributed by atoms with van der Waals surface area (Å²) in [6.07, 6.45) is 5.44. The van der Waals surface area contributed by atoms with E-state index >= 15 is 0 Å². The van der Waals surface area contributed by atoms with Gasteiger partial charge in [-0.1, -0.05) is 0 Å². The lowest BCUT2D eigenvalue weighted by molar-refractivity contribution is 0.258. The molecule has 0 aromatic carbocycles. The van der Waals surface area contributed by atoms with Crippen LogP contribution in [0.15, 0.2) is 17.3 Å². The second-order valence-corrected chi connectivity index (χ2v) is 1.87. The number of aliphatic hydroxyl groups is 1. The third kappa shape index (κ3) is 1.85. The van der Waals surface area contributed by atoms with Gasteiger partial charge in [-0.25, -0.2) is 4.99 Å². The van der Waals surface area contributed by atoms with Crippen molar-refractivity contribution in [1.29, 1.82) is 0 Å². The van der Waals surface area contributed by atoms with Crippen LogP contribution in [0, 0.1) is 0 Å². The molecule has 0 amide bonds. The molecule has 1 aliphatic rings. The van der Waals surface area contributed by atoms with Crippen LogP contribution in [0.1, 0.15) is 0 Å². The molecule has 0 aromatic heterocycles. The maximum atomic E-state index is 8.49. The first kappa shape index (κ1) is 6.29. The van der Waals surface area contributed by atoms with E-state index in [-0.39, 0.29) is 6.61 Å². The van der Waals surface area contributed by atoms with Gasteiger partial charge in [-0.15, -0.1) is 0 Å². The van der Waals surface area contributed by atoms with Crippen LogP contribution < -0.4 is 0 Å². The van der Waals surface area contributed by atoms with Gasteiger partial charge in [-0.05, 0) is 6.08 Å². The molecule has 1 aliphatic heterocycles. The van der Waals surface area contributed by atoms with Crippen molar-refractivity contribution in [2.75, 3.05) is 19.7 Å². The van der Waals surface area contributed by atoms with Gasteiger partial charge in [-0.3, -0.25) is 0 Å². The Balaban J connectivity index is 2.28. The SMILES string of the molecule is OCCN1C=NC=CC1.